The number of hydrogen-bond donors (Lipinski definition) is 3. The highest BCUT2D eigenvalue weighted by atomic mass is 32.1. The van der Waals surface area contributed by atoms with Gasteiger partial charge in [0.05, 0.1) is 10.6 Å². The van der Waals surface area contributed by atoms with E-state index < -0.39 is 0 Å². The number of aromatic nitrogens is 1. The monoisotopic (exact) mass is 478 g/mol. The lowest BCUT2D eigenvalue weighted by atomic mass is 10.0. The summed E-state index contributed by atoms with van der Waals surface area (Å²) in [5.41, 5.74) is 7.19. The summed E-state index contributed by atoms with van der Waals surface area (Å²) < 4.78 is 18.8. The van der Waals surface area contributed by atoms with E-state index in [9.17, 15) is 14.3 Å². The molecule has 3 N–H and O–H groups in total. The minimum Gasteiger partial charge on any atom is -0.494 e. The predicted molar refractivity (Wildman–Crippen MR) is 131 cm³/mol. The molecule has 0 saturated heterocycles. The van der Waals surface area contributed by atoms with Gasteiger partial charge in [-0.25, -0.2) is 4.39 Å². The number of thiazole rings is 1. The fourth-order valence-electron chi connectivity index (χ4n) is 3.27. The number of aromatic hydroxyl groups is 1. The Kier molecular flexibility index (Phi) is 7.41. The van der Waals surface area contributed by atoms with Crippen molar-refractivity contribution in [2.75, 3.05) is 13.2 Å². The lowest BCUT2D eigenvalue weighted by Gasteiger charge is -2.12. The number of halogens is 1. The van der Waals surface area contributed by atoms with Crippen LogP contribution in [0.5, 0.6) is 11.6 Å². The highest BCUT2D eigenvalue weighted by Gasteiger charge is 2.08. The molecule has 0 aliphatic rings. The van der Waals surface area contributed by atoms with Crippen LogP contribution in [0.3, 0.4) is 0 Å². The Morgan fingerprint density at radius 1 is 0.971 bits per heavy atom. The molecule has 0 radical (unpaired) electrons. The first-order valence-electron chi connectivity index (χ1n) is 10.5. The summed E-state index contributed by atoms with van der Waals surface area (Å²) in [6, 6.07) is 21.5. The van der Waals surface area contributed by atoms with Gasteiger partial charge < -0.3 is 9.84 Å². The van der Waals surface area contributed by atoms with Gasteiger partial charge >= 0.3 is 4.87 Å². The van der Waals surface area contributed by atoms with Crippen LogP contribution in [0.2, 0.25) is 0 Å². The molecule has 8 heteroatoms. The highest BCUT2D eigenvalue weighted by Crippen LogP contribution is 2.23. The van der Waals surface area contributed by atoms with E-state index in [-0.39, 0.29) is 16.6 Å². The topological polar surface area (TPSA) is 83.6 Å². The summed E-state index contributed by atoms with van der Waals surface area (Å²) in [5.74, 6) is 0.351. The molecule has 6 nitrogen and oxygen atoms in total. The van der Waals surface area contributed by atoms with Gasteiger partial charge in [-0.1, -0.05) is 66.4 Å². The Morgan fingerprint density at radius 2 is 1.62 bits per heavy atom. The third-order valence-corrected chi connectivity index (χ3v) is 5.92. The fourth-order valence-corrected chi connectivity index (χ4v) is 4.02. The Hall–Kier alpha value is -3.88. The molecular formula is C26H23FN2O4S. The van der Waals surface area contributed by atoms with Crippen LogP contribution >= 0.6 is 11.3 Å². The van der Waals surface area contributed by atoms with Gasteiger partial charge in [-0.3, -0.25) is 20.1 Å². The van der Waals surface area contributed by atoms with Crippen molar-refractivity contribution in [1.82, 2.24) is 10.5 Å². The molecule has 0 bridgehead atoms. The number of ether oxygens (including phenoxy) is 1. The van der Waals surface area contributed by atoms with Crippen LogP contribution in [0.4, 0.5) is 4.39 Å². The van der Waals surface area contributed by atoms with Crippen LogP contribution in [0.15, 0.2) is 84.2 Å². The Labute approximate surface area is 199 Å². The SMILES string of the molecule is C=C(NOCCOc1ccc(Cc2sc(=O)[nH]c2O)cc1)c1ccc(-c2ccc(F)cc2)cc1. The molecule has 3 aromatic carbocycles. The average molecular weight is 479 g/mol. The van der Waals surface area contributed by atoms with Crippen LogP contribution in [-0.4, -0.2) is 23.3 Å². The summed E-state index contributed by atoms with van der Waals surface area (Å²) in [5, 5.41) is 9.69. The van der Waals surface area contributed by atoms with Gasteiger partial charge in [0.25, 0.3) is 0 Å². The lowest BCUT2D eigenvalue weighted by molar-refractivity contribution is 0.0541. The average Bonchev–Trinajstić information content (AvgIpc) is 3.16. The summed E-state index contributed by atoms with van der Waals surface area (Å²) >= 11 is 0.998. The molecule has 0 spiro atoms. The fraction of sp³-hybridized carbons (Fsp3) is 0.115. The second-order valence-corrected chi connectivity index (χ2v) is 8.54. The normalized spacial score (nSPS) is 10.7. The van der Waals surface area contributed by atoms with Crippen LogP contribution in [0.1, 0.15) is 16.0 Å². The van der Waals surface area contributed by atoms with Crippen molar-refractivity contribution < 1.29 is 19.1 Å². The van der Waals surface area contributed by atoms with Crippen molar-refractivity contribution in [2.24, 2.45) is 0 Å². The zero-order valence-electron chi connectivity index (χ0n) is 18.2. The minimum absolute atomic E-state index is 0.0783. The maximum Gasteiger partial charge on any atom is 0.307 e. The molecular weight excluding hydrogens is 455 g/mol. The molecule has 4 aromatic rings. The minimum atomic E-state index is -0.272. The first-order chi connectivity index (χ1) is 16.5. The molecule has 174 valence electrons. The second-order valence-electron chi connectivity index (χ2n) is 7.47. The van der Waals surface area contributed by atoms with E-state index >= 15 is 0 Å². The van der Waals surface area contributed by atoms with Gasteiger partial charge in [-0.05, 0) is 46.5 Å². The number of rotatable bonds is 10. The number of benzene rings is 3. The zero-order valence-corrected chi connectivity index (χ0v) is 19.0. The first kappa shape index (κ1) is 23.3. The molecule has 4 rings (SSSR count). The number of hydrogen-bond acceptors (Lipinski definition) is 6. The maximum atomic E-state index is 13.1. The van der Waals surface area contributed by atoms with Gasteiger partial charge in [0.15, 0.2) is 0 Å². The van der Waals surface area contributed by atoms with Crippen molar-refractivity contribution in [3.8, 4) is 22.8 Å². The smallest absolute Gasteiger partial charge is 0.307 e. The van der Waals surface area contributed by atoms with Crippen molar-refractivity contribution in [1.29, 1.82) is 0 Å². The highest BCUT2D eigenvalue weighted by molar-refractivity contribution is 7.09. The Bertz CT molecular complexity index is 1300. The summed E-state index contributed by atoms with van der Waals surface area (Å²) in [6.45, 7) is 4.62. The summed E-state index contributed by atoms with van der Waals surface area (Å²) in [7, 11) is 0. The first-order valence-corrected chi connectivity index (χ1v) is 11.4. The number of nitrogens with one attached hydrogen (secondary N) is 2. The molecule has 0 atom stereocenters. The molecule has 0 fully saturated rings. The van der Waals surface area contributed by atoms with Gasteiger partial charge in [0, 0.05) is 6.42 Å². The van der Waals surface area contributed by atoms with Gasteiger partial charge in [-0.15, -0.1) is 0 Å². The van der Waals surface area contributed by atoms with Crippen molar-refractivity contribution in [2.45, 2.75) is 6.42 Å². The van der Waals surface area contributed by atoms with Crippen molar-refractivity contribution >= 4 is 17.0 Å². The van der Waals surface area contributed by atoms with E-state index in [1.165, 1.54) is 12.1 Å². The molecule has 34 heavy (non-hydrogen) atoms. The van der Waals surface area contributed by atoms with Crippen molar-refractivity contribution in [3.63, 3.8) is 0 Å². The van der Waals surface area contributed by atoms with E-state index in [1.807, 2.05) is 48.5 Å². The zero-order chi connectivity index (χ0) is 23.9. The van der Waals surface area contributed by atoms with Crippen LogP contribution in [-0.2, 0) is 11.3 Å². The van der Waals surface area contributed by atoms with Gasteiger partial charge in [-0.2, -0.15) is 0 Å². The Balaban J connectivity index is 1.18. The standard InChI is InChI=1S/C26H23FN2O4S/c1-17(19-4-6-20(7-5-19)21-8-10-22(27)11-9-21)29-33-15-14-32-23-12-2-18(3-13-23)16-24-25(30)28-26(31)34-24/h2-13,29-30H,1,14-16H2,(H,28,31). The van der Waals surface area contributed by atoms with E-state index in [0.29, 0.717) is 36.0 Å². The molecule has 1 aromatic heterocycles. The number of H-pyrrole nitrogens is 1. The van der Waals surface area contributed by atoms with E-state index in [2.05, 4.69) is 17.0 Å². The quantitative estimate of drug-likeness (QED) is 0.218. The predicted octanol–water partition coefficient (Wildman–Crippen LogP) is 5.11. The van der Waals surface area contributed by atoms with E-state index in [0.717, 1.165) is 33.6 Å². The lowest BCUT2D eigenvalue weighted by Crippen LogP contribution is -2.17. The number of hydroxylamine groups is 1. The van der Waals surface area contributed by atoms with Crippen LogP contribution in [0, 0.1) is 5.82 Å². The molecule has 0 saturated carbocycles. The molecule has 1 heterocycles. The molecule has 0 amide bonds. The maximum absolute atomic E-state index is 13.1. The third-order valence-electron chi connectivity index (χ3n) is 5.05. The van der Waals surface area contributed by atoms with Gasteiger partial charge in [0.2, 0.25) is 5.88 Å². The van der Waals surface area contributed by atoms with E-state index in [4.69, 9.17) is 9.57 Å². The van der Waals surface area contributed by atoms with Gasteiger partial charge in [0.1, 0.15) is 24.8 Å². The molecule has 0 aliphatic heterocycles. The summed E-state index contributed by atoms with van der Waals surface area (Å²) in [4.78, 5) is 19.4. The third kappa shape index (κ3) is 6.12. The van der Waals surface area contributed by atoms with E-state index in [1.54, 1.807) is 12.1 Å². The van der Waals surface area contributed by atoms with Crippen LogP contribution in [0.25, 0.3) is 16.8 Å². The van der Waals surface area contributed by atoms with Crippen LogP contribution < -0.4 is 15.1 Å². The number of aromatic amines is 1. The van der Waals surface area contributed by atoms with Crippen molar-refractivity contribution in [3.05, 3.63) is 111 Å². The second kappa shape index (κ2) is 10.8. The largest absolute Gasteiger partial charge is 0.494 e. The molecule has 0 unspecified atom stereocenters. The molecule has 0 aliphatic carbocycles. The summed E-state index contributed by atoms with van der Waals surface area (Å²) in [6.07, 6.45) is 0.468. The Morgan fingerprint density at radius 3 is 2.24 bits per heavy atom.